The van der Waals surface area contributed by atoms with Crippen LogP contribution in [0, 0.1) is 6.92 Å². The van der Waals surface area contributed by atoms with Crippen LogP contribution in [0.1, 0.15) is 21.7 Å². The smallest absolute Gasteiger partial charge is 0.335 e. The molecule has 144 valence electrons. The Balaban J connectivity index is 1.86. The molecule has 0 unspecified atom stereocenters. The number of carbonyl (C=O) groups excluding carboxylic acids is 3. The van der Waals surface area contributed by atoms with Gasteiger partial charge in [-0.2, -0.15) is 0 Å². The van der Waals surface area contributed by atoms with Crippen molar-refractivity contribution in [1.82, 2.24) is 10.2 Å². The molecular formula is C19H16N2O7. The van der Waals surface area contributed by atoms with Gasteiger partial charge in [-0.1, -0.05) is 6.07 Å². The Hall–Kier alpha value is -3.88. The number of hydrogen-bond donors (Lipinski definition) is 2. The first-order valence-corrected chi connectivity index (χ1v) is 8.15. The predicted octanol–water partition coefficient (Wildman–Crippen LogP) is 2.02. The molecule has 0 radical (unpaired) electrons. The highest BCUT2D eigenvalue weighted by Crippen LogP contribution is 2.28. The van der Waals surface area contributed by atoms with E-state index in [4.69, 9.17) is 9.52 Å². The molecule has 9 heteroatoms. The lowest BCUT2D eigenvalue weighted by molar-refractivity contribution is -0.143. The number of carbonyl (C=O) groups is 4. The zero-order chi connectivity index (χ0) is 20.4. The Morgan fingerprint density at radius 1 is 1.25 bits per heavy atom. The van der Waals surface area contributed by atoms with Gasteiger partial charge in [-0.25, -0.2) is 14.5 Å². The SMILES string of the molecule is COC(=O)CN1C(=O)N/C(=C/c2ccc(-c3cc(C(=O)O)ccc3C)o2)C1=O. The Labute approximate surface area is 159 Å². The molecule has 9 nitrogen and oxygen atoms in total. The maximum absolute atomic E-state index is 12.3. The third-order valence-electron chi connectivity index (χ3n) is 4.14. The number of carboxylic acids is 1. The van der Waals surface area contributed by atoms with Gasteiger partial charge >= 0.3 is 18.0 Å². The molecule has 2 N–H and O–H groups in total. The first-order valence-electron chi connectivity index (χ1n) is 8.15. The zero-order valence-corrected chi connectivity index (χ0v) is 15.0. The number of rotatable bonds is 5. The predicted molar refractivity (Wildman–Crippen MR) is 96.1 cm³/mol. The molecular weight excluding hydrogens is 368 g/mol. The highest BCUT2D eigenvalue weighted by Gasteiger charge is 2.35. The van der Waals surface area contributed by atoms with Crippen LogP contribution in [0.25, 0.3) is 17.4 Å². The summed E-state index contributed by atoms with van der Waals surface area (Å²) >= 11 is 0. The second-order valence-electron chi connectivity index (χ2n) is 5.99. The molecule has 0 spiro atoms. The summed E-state index contributed by atoms with van der Waals surface area (Å²) in [6, 6.07) is 7.14. The summed E-state index contributed by atoms with van der Waals surface area (Å²) in [5.74, 6) is -1.77. The van der Waals surface area contributed by atoms with Gasteiger partial charge in [-0.3, -0.25) is 9.59 Å². The van der Waals surface area contributed by atoms with Crippen molar-refractivity contribution in [2.45, 2.75) is 6.92 Å². The average molecular weight is 384 g/mol. The molecule has 0 saturated carbocycles. The molecule has 1 aromatic carbocycles. The Bertz CT molecular complexity index is 1020. The van der Waals surface area contributed by atoms with Crippen molar-refractivity contribution in [3.05, 3.63) is 52.9 Å². The van der Waals surface area contributed by atoms with Crippen molar-refractivity contribution < 1.29 is 33.4 Å². The molecule has 1 aromatic heterocycles. The van der Waals surface area contributed by atoms with Gasteiger partial charge in [0.15, 0.2) is 0 Å². The summed E-state index contributed by atoms with van der Waals surface area (Å²) in [5, 5.41) is 11.5. The monoisotopic (exact) mass is 384 g/mol. The van der Waals surface area contributed by atoms with Crippen LogP contribution in [0.4, 0.5) is 4.79 Å². The van der Waals surface area contributed by atoms with Crippen LogP contribution in [-0.2, 0) is 14.3 Å². The maximum Gasteiger partial charge on any atom is 0.335 e. The van der Waals surface area contributed by atoms with Crippen molar-refractivity contribution >= 4 is 30.0 Å². The number of ether oxygens (including phenoxy) is 1. The van der Waals surface area contributed by atoms with E-state index < -0.39 is 30.4 Å². The molecule has 0 atom stereocenters. The minimum Gasteiger partial charge on any atom is -0.478 e. The molecule has 0 aliphatic carbocycles. The van der Waals surface area contributed by atoms with E-state index in [2.05, 4.69) is 10.1 Å². The molecule has 1 aliphatic rings. The van der Waals surface area contributed by atoms with Crippen LogP contribution in [0.15, 0.2) is 40.4 Å². The van der Waals surface area contributed by atoms with E-state index >= 15 is 0 Å². The number of nitrogens with one attached hydrogen (secondary N) is 1. The van der Waals surface area contributed by atoms with E-state index in [0.717, 1.165) is 17.6 Å². The Kier molecular flexibility index (Phi) is 4.99. The van der Waals surface area contributed by atoms with E-state index in [1.807, 2.05) is 6.92 Å². The molecule has 28 heavy (non-hydrogen) atoms. The fourth-order valence-corrected chi connectivity index (χ4v) is 2.65. The third-order valence-corrected chi connectivity index (χ3v) is 4.14. The molecule has 2 heterocycles. The number of aryl methyl sites for hydroxylation is 1. The second kappa shape index (κ2) is 7.39. The number of methoxy groups -OCH3 is 1. The van der Waals surface area contributed by atoms with E-state index in [1.165, 1.54) is 18.2 Å². The van der Waals surface area contributed by atoms with Crippen LogP contribution >= 0.6 is 0 Å². The second-order valence-corrected chi connectivity index (χ2v) is 5.99. The highest BCUT2D eigenvalue weighted by molar-refractivity contribution is 6.15. The van der Waals surface area contributed by atoms with Gasteiger partial charge in [0, 0.05) is 11.6 Å². The Morgan fingerprint density at radius 3 is 2.68 bits per heavy atom. The van der Waals surface area contributed by atoms with Crippen molar-refractivity contribution in [1.29, 1.82) is 0 Å². The van der Waals surface area contributed by atoms with Gasteiger partial charge in [0.05, 0.1) is 12.7 Å². The first-order chi connectivity index (χ1) is 13.3. The minimum absolute atomic E-state index is 0.0502. The summed E-state index contributed by atoms with van der Waals surface area (Å²) in [7, 11) is 1.16. The number of hydrogen-bond acceptors (Lipinski definition) is 6. The van der Waals surface area contributed by atoms with E-state index in [0.29, 0.717) is 11.3 Å². The summed E-state index contributed by atoms with van der Waals surface area (Å²) in [6.07, 6.45) is 1.33. The molecule has 1 saturated heterocycles. The van der Waals surface area contributed by atoms with Gasteiger partial charge in [-0.15, -0.1) is 0 Å². The van der Waals surface area contributed by atoms with Gasteiger partial charge in [-0.05, 0) is 36.8 Å². The zero-order valence-electron chi connectivity index (χ0n) is 15.0. The number of esters is 1. The van der Waals surface area contributed by atoms with Crippen LogP contribution in [0.3, 0.4) is 0 Å². The quantitative estimate of drug-likeness (QED) is 0.459. The van der Waals surface area contributed by atoms with E-state index in [1.54, 1.807) is 18.2 Å². The topological polar surface area (TPSA) is 126 Å². The number of furan rings is 1. The lowest BCUT2D eigenvalue weighted by atomic mass is 10.0. The average Bonchev–Trinajstić information content (AvgIpc) is 3.22. The first kappa shape index (κ1) is 18.9. The molecule has 1 fully saturated rings. The number of aromatic carboxylic acids is 1. The van der Waals surface area contributed by atoms with Gasteiger partial charge < -0.3 is 19.6 Å². The molecule has 2 aromatic rings. The molecule has 3 amide bonds. The number of benzene rings is 1. The largest absolute Gasteiger partial charge is 0.478 e. The third kappa shape index (κ3) is 3.63. The summed E-state index contributed by atoms with van der Waals surface area (Å²) in [4.78, 5) is 47.4. The fourth-order valence-electron chi connectivity index (χ4n) is 2.65. The van der Waals surface area contributed by atoms with Crippen molar-refractivity contribution in [3.8, 4) is 11.3 Å². The van der Waals surface area contributed by atoms with Crippen molar-refractivity contribution in [2.75, 3.05) is 13.7 Å². The minimum atomic E-state index is -1.06. The van der Waals surface area contributed by atoms with Gasteiger partial charge in [0.25, 0.3) is 5.91 Å². The number of carboxylic acid groups (broad SMARTS) is 1. The van der Waals surface area contributed by atoms with E-state index in [-0.39, 0.29) is 17.0 Å². The van der Waals surface area contributed by atoms with Crippen LogP contribution in [0.2, 0.25) is 0 Å². The standard InChI is InChI=1S/C19H16N2O7/c1-10-3-4-11(18(24)25)7-13(10)15-6-5-12(28-15)8-14-17(23)21(19(26)20-14)9-16(22)27-2/h3-8H,9H2,1-2H3,(H,20,26)(H,24,25)/b14-8+. The van der Waals surface area contributed by atoms with Crippen LogP contribution in [0.5, 0.6) is 0 Å². The van der Waals surface area contributed by atoms with Gasteiger partial charge in [0.2, 0.25) is 0 Å². The normalized spacial score (nSPS) is 15.1. The summed E-state index contributed by atoms with van der Waals surface area (Å²) in [6.45, 7) is 1.32. The molecule has 3 rings (SSSR count). The number of amides is 3. The lowest BCUT2D eigenvalue weighted by Gasteiger charge is -2.08. The van der Waals surface area contributed by atoms with E-state index in [9.17, 15) is 19.2 Å². The summed E-state index contributed by atoms with van der Waals surface area (Å²) in [5.41, 5.74) is 1.48. The molecule has 0 bridgehead atoms. The highest BCUT2D eigenvalue weighted by atomic mass is 16.5. The summed E-state index contributed by atoms with van der Waals surface area (Å²) < 4.78 is 10.1. The lowest BCUT2D eigenvalue weighted by Crippen LogP contribution is -2.36. The van der Waals surface area contributed by atoms with Crippen LogP contribution < -0.4 is 5.32 Å². The van der Waals surface area contributed by atoms with Gasteiger partial charge in [0.1, 0.15) is 23.8 Å². The Morgan fingerprint density at radius 2 is 2.00 bits per heavy atom. The number of nitrogens with zero attached hydrogens (tertiary/aromatic N) is 1. The maximum atomic E-state index is 12.3. The number of imide groups is 1. The molecule has 1 aliphatic heterocycles. The number of urea groups is 1. The van der Waals surface area contributed by atoms with Crippen molar-refractivity contribution in [3.63, 3.8) is 0 Å². The van der Waals surface area contributed by atoms with Crippen molar-refractivity contribution in [2.24, 2.45) is 0 Å². The van der Waals surface area contributed by atoms with Crippen LogP contribution in [-0.4, -0.2) is 47.5 Å². The fraction of sp³-hybridized carbons (Fsp3) is 0.158.